The predicted octanol–water partition coefficient (Wildman–Crippen LogP) is 1.73. The molecular weight excluding hydrogens is 394 g/mol. The Morgan fingerprint density at radius 1 is 1.00 bits per heavy atom. The van der Waals surface area contributed by atoms with Crippen LogP contribution in [0.15, 0.2) is 18.2 Å². The molecule has 164 valence electrons. The molecule has 1 unspecified atom stereocenters. The van der Waals surface area contributed by atoms with E-state index in [0.29, 0.717) is 51.9 Å². The zero-order valence-electron chi connectivity index (χ0n) is 17.1. The molecule has 2 heterocycles. The first-order valence-electron chi connectivity index (χ1n) is 10.3. The monoisotopic (exact) mass is 422 g/mol. The third-order valence-electron chi connectivity index (χ3n) is 6.20. The van der Waals surface area contributed by atoms with E-state index in [1.165, 1.54) is 6.07 Å². The number of benzene rings is 1. The van der Waals surface area contributed by atoms with E-state index >= 15 is 0 Å². The molecule has 30 heavy (non-hydrogen) atoms. The Labute approximate surface area is 174 Å². The zero-order valence-corrected chi connectivity index (χ0v) is 17.1. The summed E-state index contributed by atoms with van der Waals surface area (Å²) >= 11 is 0. The Balaban J connectivity index is 1.47. The lowest BCUT2D eigenvalue weighted by atomic mass is 9.91. The van der Waals surface area contributed by atoms with Crippen LogP contribution < -0.4 is 11.1 Å². The van der Waals surface area contributed by atoms with Crippen LogP contribution in [0.4, 0.5) is 14.5 Å². The van der Waals surface area contributed by atoms with Gasteiger partial charge in [-0.2, -0.15) is 0 Å². The van der Waals surface area contributed by atoms with Gasteiger partial charge in [-0.25, -0.2) is 8.78 Å². The van der Waals surface area contributed by atoms with Gasteiger partial charge in [0, 0.05) is 36.7 Å². The van der Waals surface area contributed by atoms with Crippen molar-refractivity contribution in [1.29, 1.82) is 0 Å². The van der Waals surface area contributed by atoms with Gasteiger partial charge in [-0.1, -0.05) is 0 Å². The van der Waals surface area contributed by atoms with Gasteiger partial charge in [-0.05, 0) is 57.8 Å². The van der Waals surface area contributed by atoms with Gasteiger partial charge in [0.2, 0.25) is 17.7 Å². The molecule has 0 aliphatic carbocycles. The summed E-state index contributed by atoms with van der Waals surface area (Å²) < 4.78 is 26.4. The Hall–Kier alpha value is -2.55. The molecule has 3 N–H and O–H groups in total. The van der Waals surface area contributed by atoms with Gasteiger partial charge in [0.15, 0.2) is 11.6 Å². The number of nitrogens with two attached hydrogens (primary N) is 1. The number of carbonyl (C=O) groups excluding carboxylic acids is 3. The Kier molecular flexibility index (Phi) is 7.02. The van der Waals surface area contributed by atoms with Gasteiger partial charge in [0.25, 0.3) is 0 Å². The number of hydrogen-bond acceptors (Lipinski definition) is 4. The second kappa shape index (κ2) is 9.51. The summed E-state index contributed by atoms with van der Waals surface area (Å²) in [5.41, 5.74) is 5.55. The molecule has 3 amide bonds. The molecule has 0 spiro atoms. The molecule has 1 aromatic rings. The topological polar surface area (TPSA) is 95.7 Å². The average molecular weight is 422 g/mol. The quantitative estimate of drug-likeness (QED) is 0.755. The number of likely N-dealkylation sites (tertiary alicyclic amines) is 2. The fourth-order valence-corrected chi connectivity index (χ4v) is 4.16. The lowest BCUT2D eigenvalue weighted by molar-refractivity contribution is -0.140. The minimum absolute atomic E-state index is 0.0900. The van der Waals surface area contributed by atoms with Crippen LogP contribution in [-0.4, -0.2) is 59.7 Å². The predicted molar refractivity (Wildman–Crippen MR) is 107 cm³/mol. The zero-order chi connectivity index (χ0) is 21.8. The summed E-state index contributed by atoms with van der Waals surface area (Å²) in [4.78, 5) is 40.3. The van der Waals surface area contributed by atoms with E-state index < -0.39 is 17.7 Å². The highest BCUT2D eigenvalue weighted by molar-refractivity contribution is 5.94. The smallest absolute Gasteiger partial charge is 0.241 e. The van der Waals surface area contributed by atoms with Crippen LogP contribution in [0.1, 0.15) is 32.6 Å². The minimum atomic E-state index is -1.01. The van der Waals surface area contributed by atoms with E-state index in [-0.39, 0.29) is 35.2 Å². The van der Waals surface area contributed by atoms with Crippen LogP contribution in [0.5, 0.6) is 0 Å². The van der Waals surface area contributed by atoms with Gasteiger partial charge in [0.1, 0.15) is 0 Å². The van der Waals surface area contributed by atoms with Crippen molar-refractivity contribution in [2.45, 2.75) is 38.6 Å². The molecule has 3 rings (SSSR count). The maximum absolute atomic E-state index is 13.3. The highest BCUT2D eigenvalue weighted by Gasteiger charge is 2.34. The number of rotatable bonds is 5. The van der Waals surface area contributed by atoms with Gasteiger partial charge in [-0.15, -0.1) is 0 Å². The Bertz CT molecular complexity index is 803. The van der Waals surface area contributed by atoms with Crippen molar-refractivity contribution in [3.63, 3.8) is 0 Å². The van der Waals surface area contributed by atoms with E-state index in [1.54, 1.807) is 6.92 Å². The molecule has 1 aromatic carbocycles. The number of halogens is 2. The molecule has 0 saturated carbocycles. The molecule has 1 atom stereocenters. The second-order valence-corrected chi connectivity index (χ2v) is 8.11. The van der Waals surface area contributed by atoms with E-state index in [4.69, 9.17) is 5.73 Å². The molecule has 2 aliphatic heterocycles. The number of piperidine rings is 2. The summed E-state index contributed by atoms with van der Waals surface area (Å²) in [5.74, 6) is -2.72. The van der Waals surface area contributed by atoms with Crippen molar-refractivity contribution >= 4 is 23.4 Å². The molecule has 2 fully saturated rings. The van der Waals surface area contributed by atoms with Crippen LogP contribution in [0.25, 0.3) is 0 Å². The average Bonchev–Trinajstić information content (AvgIpc) is 2.75. The third kappa shape index (κ3) is 5.13. The van der Waals surface area contributed by atoms with E-state index in [1.807, 2.05) is 9.80 Å². The molecule has 7 nitrogen and oxygen atoms in total. The SMILES string of the molecule is CC(C(=O)Nc1ccc(F)c(F)c1)N1CCC(C(=O)N2CCC(C(N)=O)CC2)CC1. The number of carbonyl (C=O) groups is 3. The summed E-state index contributed by atoms with van der Waals surface area (Å²) in [6.07, 6.45) is 2.52. The van der Waals surface area contributed by atoms with Gasteiger partial charge < -0.3 is 16.0 Å². The van der Waals surface area contributed by atoms with E-state index in [0.717, 1.165) is 12.1 Å². The fraction of sp³-hybridized carbons (Fsp3) is 0.571. The number of nitrogens with one attached hydrogen (secondary N) is 1. The first kappa shape index (κ1) is 22.1. The van der Waals surface area contributed by atoms with Crippen LogP contribution in [0.2, 0.25) is 0 Å². The summed E-state index contributed by atoms with van der Waals surface area (Å²) in [7, 11) is 0. The first-order valence-corrected chi connectivity index (χ1v) is 10.3. The third-order valence-corrected chi connectivity index (χ3v) is 6.20. The van der Waals surface area contributed by atoms with Crippen molar-refractivity contribution in [3.05, 3.63) is 29.8 Å². The van der Waals surface area contributed by atoms with E-state index in [2.05, 4.69) is 5.32 Å². The number of primary amides is 1. The Morgan fingerprint density at radius 3 is 2.17 bits per heavy atom. The molecular formula is C21H28F2N4O3. The van der Waals surface area contributed by atoms with Crippen LogP contribution in [0.3, 0.4) is 0 Å². The van der Waals surface area contributed by atoms with E-state index in [9.17, 15) is 23.2 Å². The normalized spacial score (nSPS) is 20.0. The van der Waals surface area contributed by atoms with Crippen molar-refractivity contribution in [3.8, 4) is 0 Å². The van der Waals surface area contributed by atoms with Gasteiger partial charge >= 0.3 is 0 Å². The maximum atomic E-state index is 13.3. The van der Waals surface area contributed by atoms with Crippen LogP contribution in [-0.2, 0) is 14.4 Å². The number of nitrogens with zero attached hydrogens (tertiary/aromatic N) is 2. The van der Waals surface area contributed by atoms with Crippen molar-refractivity contribution in [2.75, 3.05) is 31.5 Å². The first-order chi connectivity index (χ1) is 14.3. The van der Waals surface area contributed by atoms with Crippen LogP contribution in [0, 0.1) is 23.5 Å². The highest BCUT2D eigenvalue weighted by Crippen LogP contribution is 2.25. The largest absolute Gasteiger partial charge is 0.369 e. The number of amides is 3. The lowest BCUT2D eigenvalue weighted by Gasteiger charge is -2.38. The minimum Gasteiger partial charge on any atom is -0.369 e. The summed E-state index contributed by atoms with van der Waals surface area (Å²) in [6, 6.07) is 2.78. The van der Waals surface area contributed by atoms with Gasteiger partial charge in [-0.3, -0.25) is 19.3 Å². The Morgan fingerprint density at radius 2 is 1.60 bits per heavy atom. The lowest BCUT2D eigenvalue weighted by Crippen LogP contribution is -2.50. The van der Waals surface area contributed by atoms with Crippen molar-refractivity contribution in [1.82, 2.24) is 9.80 Å². The van der Waals surface area contributed by atoms with Crippen LogP contribution >= 0.6 is 0 Å². The number of anilines is 1. The fourth-order valence-electron chi connectivity index (χ4n) is 4.16. The second-order valence-electron chi connectivity index (χ2n) is 8.11. The standard InChI is InChI=1S/C21H28F2N4O3/c1-13(20(29)25-16-2-3-17(22)18(23)12-16)26-8-6-15(7-9-26)21(30)27-10-4-14(5-11-27)19(24)28/h2-3,12-15H,4-11H2,1H3,(H2,24,28)(H,25,29). The molecule has 2 aliphatic rings. The van der Waals surface area contributed by atoms with Crippen molar-refractivity contribution in [2.24, 2.45) is 17.6 Å². The maximum Gasteiger partial charge on any atom is 0.241 e. The summed E-state index contributed by atoms with van der Waals surface area (Å²) in [6.45, 7) is 4.06. The van der Waals surface area contributed by atoms with Crippen molar-refractivity contribution < 1.29 is 23.2 Å². The molecule has 0 bridgehead atoms. The molecule has 9 heteroatoms. The molecule has 0 aromatic heterocycles. The summed E-state index contributed by atoms with van der Waals surface area (Å²) in [5, 5.41) is 2.61. The molecule has 0 radical (unpaired) electrons. The number of hydrogen-bond donors (Lipinski definition) is 2. The van der Waals surface area contributed by atoms with Gasteiger partial charge in [0.05, 0.1) is 6.04 Å². The highest BCUT2D eigenvalue weighted by atomic mass is 19.2. The molecule has 2 saturated heterocycles.